The van der Waals surface area contributed by atoms with Crippen LogP contribution < -0.4 is 10.2 Å². The Labute approximate surface area is 99.7 Å². The van der Waals surface area contributed by atoms with Crippen LogP contribution in [0.2, 0.25) is 0 Å². The molecule has 0 bridgehead atoms. The maximum atomic E-state index is 11.2. The van der Waals surface area contributed by atoms with Crippen LogP contribution in [0, 0.1) is 13.8 Å². The van der Waals surface area contributed by atoms with Crippen molar-refractivity contribution in [1.29, 1.82) is 0 Å². The summed E-state index contributed by atoms with van der Waals surface area (Å²) < 4.78 is 0. The lowest BCUT2D eigenvalue weighted by Gasteiger charge is -2.34. The molecular weight excluding hydrogens is 220 g/mol. The number of aromatic nitrogens is 2. The van der Waals surface area contributed by atoms with Gasteiger partial charge in [0.05, 0.1) is 11.4 Å². The average Bonchev–Trinajstić information content (AvgIpc) is 2.32. The Balaban J connectivity index is 2.35. The van der Waals surface area contributed by atoms with Crippen molar-refractivity contribution < 1.29 is 9.90 Å². The van der Waals surface area contributed by atoms with E-state index in [2.05, 4.69) is 15.3 Å². The van der Waals surface area contributed by atoms with Crippen molar-refractivity contribution in [2.24, 2.45) is 0 Å². The molecule has 1 aromatic heterocycles. The number of carboxylic acids is 1. The molecule has 6 nitrogen and oxygen atoms in total. The Morgan fingerprint density at radius 2 is 2.35 bits per heavy atom. The molecular formula is C11H16N4O2. The maximum absolute atomic E-state index is 11.2. The number of nitrogens with zero attached hydrogens (tertiary/aromatic N) is 3. The summed E-state index contributed by atoms with van der Waals surface area (Å²) in [6, 6.07) is -0.571. The second-order valence-corrected chi connectivity index (χ2v) is 4.17. The van der Waals surface area contributed by atoms with Crippen molar-refractivity contribution >= 4 is 11.8 Å². The molecule has 0 spiro atoms. The highest BCUT2D eigenvalue weighted by molar-refractivity contribution is 5.78. The highest BCUT2D eigenvalue weighted by atomic mass is 16.4. The van der Waals surface area contributed by atoms with Crippen LogP contribution in [0.25, 0.3) is 0 Å². The van der Waals surface area contributed by atoms with E-state index in [1.54, 1.807) is 6.20 Å². The van der Waals surface area contributed by atoms with Crippen molar-refractivity contribution in [2.75, 3.05) is 24.5 Å². The molecule has 1 fully saturated rings. The van der Waals surface area contributed by atoms with Crippen LogP contribution in [0.15, 0.2) is 6.20 Å². The van der Waals surface area contributed by atoms with E-state index in [4.69, 9.17) is 0 Å². The van der Waals surface area contributed by atoms with Gasteiger partial charge in [-0.05, 0) is 13.8 Å². The van der Waals surface area contributed by atoms with Crippen molar-refractivity contribution in [1.82, 2.24) is 15.3 Å². The van der Waals surface area contributed by atoms with E-state index in [9.17, 15) is 9.90 Å². The van der Waals surface area contributed by atoms with Crippen LogP contribution >= 0.6 is 0 Å². The molecule has 0 saturated carbocycles. The van der Waals surface area contributed by atoms with Gasteiger partial charge < -0.3 is 15.3 Å². The van der Waals surface area contributed by atoms with E-state index >= 15 is 0 Å². The first-order valence-corrected chi connectivity index (χ1v) is 5.60. The van der Waals surface area contributed by atoms with Gasteiger partial charge in [0.1, 0.15) is 6.04 Å². The Kier molecular flexibility index (Phi) is 3.23. The minimum atomic E-state index is -0.833. The number of hydrogen-bond acceptors (Lipinski definition) is 5. The second-order valence-electron chi connectivity index (χ2n) is 4.17. The van der Waals surface area contributed by atoms with E-state index < -0.39 is 12.0 Å². The number of rotatable bonds is 2. The van der Waals surface area contributed by atoms with E-state index in [1.807, 2.05) is 18.7 Å². The summed E-state index contributed by atoms with van der Waals surface area (Å²) in [6.45, 7) is 5.54. The van der Waals surface area contributed by atoms with Gasteiger partial charge in [0, 0.05) is 25.8 Å². The molecule has 92 valence electrons. The molecule has 1 aliphatic heterocycles. The fraction of sp³-hybridized carbons (Fsp3) is 0.545. The molecule has 2 N–H and O–H groups in total. The van der Waals surface area contributed by atoms with Gasteiger partial charge in [-0.25, -0.2) is 9.78 Å². The minimum Gasteiger partial charge on any atom is -0.480 e. The largest absolute Gasteiger partial charge is 0.480 e. The standard InChI is InChI=1S/C11H16N4O2/c1-7-5-13-8(2)10(14-7)15-4-3-12-6-9(15)11(16)17/h5,9,12H,3-4,6H2,1-2H3,(H,16,17). The van der Waals surface area contributed by atoms with Gasteiger partial charge in [-0.2, -0.15) is 0 Å². The summed E-state index contributed by atoms with van der Waals surface area (Å²) in [4.78, 5) is 21.6. The number of hydrogen-bond donors (Lipinski definition) is 2. The lowest BCUT2D eigenvalue weighted by Crippen LogP contribution is -2.55. The van der Waals surface area contributed by atoms with Gasteiger partial charge in [-0.15, -0.1) is 0 Å². The van der Waals surface area contributed by atoms with Crippen molar-refractivity contribution in [2.45, 2.75) is 19.9 Å². The molecule has 0 amide bonds. The third kappa shape index (κ3) is 2.36. The van der Waals surface area contributed by atoms with Crippen LogP contribution in [0.4, 0.5) is 5.82 Å². The first kappa shape index (κ1) is 11.8. The number of aliphatic carboxylic acids is 1. The number of carboxylic acid groups (broad SMARTS) is 1. The summed E-state index contributed by atoms with van der Waals surface area (Å²) >= 11 is 0. The summed E-state index contributed by atoms with van der Waals surface area (Å²) in [6.07, 6.45) is 1.69. The molecule has 0 aromatic carbocycles. The minimum absolute atomic E-state index is 0.435. The molecule has 2 heterocycles. The molecule has 6 heteroatoms. The van der Waals surface area contributed by atoms with Gasteiger partial charge in [0.2, 0.25) is 0 Å². The normalized spacial score (nSPS) is 20.4. The van der Waals surface area contributed by atoms with Crippen LogP contribution in [-0.2, 0) is 4.79 Å². The van der Waals surface area contributed by atoms with E-state index in [1.165, 1.54) is 0 Å². The number of carbonyl (C=O) groups is 1. The van der Waals surface area contributed by atoms with Crippen LogP contribution in [0.5, 0.6) is 0 Å². The fourth-order valence-electron chi connectivity index (χ4n) is 1.98. The number of nitrogens with one attached hydrogen (secondary N) is 1. The topological polar surface area (TPSA) is 78.4 Å². The Morgan fingerprint density at radius 1 is 1.59 bits per heavy atom. The molecule has 0 aliphatic carbocycles. The lowest BCUT2D eigenvalue weighted by atomic mass is 10.2. The van der Waals surface area contributed by atoms with Gasteiger partial charge in [0.25, 0.3) is 0 Å². The summed E-state index contributed by atoms with van der Waals surface area (Å²) in [5.74, 6) is -0.154. The molecule has 1 atom stereocenters. The highest BCUT2D eigenvalue weighted by Crippen LogP contribution is 2.19. The smallest absolute Gasteiger partial charge is 0.327 e. The predicted octanol–water partition coefficient (Wildman–Crippen LogP) is -0.0438. The van der Waals surface area contributed by atoms with Crippen molar-refractivity contribution in [3.63, 3.8) is 0 Å². The highest BCUT2D eigenvalue weighted by Gasteiger charge is 2.30. The SMILES string of the molecule is Cc1cnc(C)c(N2CCNCC2C(=O)O)n1. The Morgan fingerprint density at radius 3 is 3.06 bits per heavy atom. The third-order valence-electron chi connectivity index (χ3n) is 2.85. The van der Waals surface area contributed by atoms with E-state index in [-0.39, 0.29) is 0 Å². The molecule has 0 radical (unpaired) electrons. The number of anilines is 1. The maximum Gasteiger partial charge on any atom is 0.327 e. The predicted molar refractivity (Wildman–Crippen MR) is 63.1 cm³/mol. The molecule has 1 unspecified atom stereocenters. The van der Waals surface area contributed by atoms with E-state index in [0.29, 0.717) is 18.9 Å². The van der Waals surface area contributed by atoms with Gasteiger partial charge in [-0.3, -0.25) is 4.98 Å². The molecule has 1 aromatic rings. The lowest BCUT2D eigenvalue weighted by molar-refractivity contribution is -0.138. The second kappa shape index (κ2) is 4.67. The zero-order valence-corrected chi connectivity index (χ0v) is 9.97. The quantitative estimate of drug-likeness (QED) is 0.750. The zero-order chi connectivity index (χ0) is 12.4. The van der Waals surface area contributed by atoms with Gasteiger partial charge >= 0.3 is 5.97 Å². The summed E-state index contributed by atoms with van der Waals surface area (Å²) in [5, 5.41) is 12.3. The molecule has 1 saturated heterocycles. The fourth-order valence-corrected chi connectivity index (χ4v) is 1.98. The summed E-state index contributed by atoms with van der Waals surface area (Å²) in [5.41, 5.74) is 1.57. The Hall–Kier alpha value is -1.69. The van der Waals surface area contributed by atoms with Crippen LogP contribution in [0.3, 0.4) is 0 Å². The van der Waals surface area contributed by atoms with Gasteiger partial charge in [0.15, 0.2) is 5.82 Å². The number of piperazine rings is 1. The monoisotopic (exact) mass is 236 g/mol. The summed E-state index contributed by atoms with van der Waals surface area (Å²) in [7, 11) is 0. The average molecular weight is 236 g/mol. The Bertz CT molecular complexity index is 435. The van der Waals surface area contributed by atoms with Crippen molar-refractivity contribution in [3.05, 3.63) is 17.6 Å². The molecule has 1 aliphatic rings. The number of aryl methyl sites for hydroxylation is 2. The van der Waals surface area contributed by atoms with Crippen LogP contribution in [0.1, 0.15) is 11.4 Å². The molecule has 2 rings (SSSR count). The van der Waals surface area contributed by atoms with E-state index in [0.717, 1.165) is 17.9 Å². The van der Waals surface area contributed by atoms with Gasteiger partial charge in [-0.1, -0.05) is 0 Å². The first-order valence-electron chi connectivity index (χ1n) is 5.60. The molecule has 17 heavy (non-hydrogen) atoms. The van der Waals surface area contributed by atoms with Crippen LogP contribution in [-0.4, -0.2) is 46.7 Å². The first-order chi connectivity index (χ1) is 8.09. The zero-order valence-electron chi connectivity index (χ0n) is 9.97. The third-order valence-corrected chi connectivity index (χ3v) is 2.85. The van der Waals surface area contributed by atoms with Crippen molar-refractivity contribution in [3.8, 4) is 0 Å².